The highest BCUT2D eigenvalue weighted by Crippen LogP contribution is 2.40. The van der Waals surface area contributed by atoms with Gasteiger partial charge in [-0.25, -0.2) is 4.39 Å². The second-order valence-corrected chi connectivity index (χ2v) is 4.22. The van der Waals surface area contributed by atoms with Gasteiger partial charge in [0.15, 0.2) is 0 Å². The van der Waals surface area contributed by atoms with E-state index in [2.05, 4.69) is 0 Å². The van der Waals surface area contributed by atoms with Gasteiger partial charge in [0.1, 0.15) is 5.82 Å². The molecule has 0 amide bonds. The fourth-order valence-corrected chi connectivity index (χ4v) is 1.72. The Balaban J connectivity index is 2.20. The van der Waals surface area contributed by atoms with Crippen molar-refractivity contribution in [2.75, 3.05) is 0 Å². The molecule has 1 aromatic rings. The standard InChI is InChI=1S/C11H12FNO3/c12-9-2-1-3-10(13(15)16)8(9)4-5-11(14)6-7-11/h1-3,14H,4-7H2. The van der Waals surface area contributed by atoms with Crippen LogP contribution < -0.4 is 0 Å². The lowest BCUT2D eigenvalue weighted by Gasteiger charge is -2.08. The maximum absolute atomic E-state index is 13.4. The predicted molar refractivity (Wildman–Crippen MR) is 55.6 cm³/mol. The Labute approximate surface area is 91.9 Å². The Bertz CT molecular complexity index is 429. The number of rotatable bonds is 4. The lowest BCUT2D eigenvalue weighted by molar-refractivity contribution is -0.385. The highest BCUT2D eigenvalue weighted by atomic mass is 19.1. The number of nitro groups is 1. The third-order valence-corrected chi connectivity index (χ3v) is 2.96. The Morgan fingerprint density at radius 3 is 2.75 bits per heavy atom. The number of hydrogen-bond donors (Lipinski definition) is 1. The molecule has 5 heteroatoms. The van der Waals surface area contributed by atoms with Crippen molar-refractivity contribution in [3.05, 3.63) is 39.7 Å². The fraction of sp³-hybridized carbons (Fsp3) is 0.455. The topological polar surface area (TPSA) is 63.4 Å². The minimum atomic E-state index is -0.712. The van der Waals surface area contributed by atoms with Crippen LogP contribution in [0.2, 0.25) is 0 Å². The van der Waals surface area contributed by atoms with Crippen molar-refractivity contribution in [2.24, 2.45) is 0 Å². The third kappa shape index (κ3) is 2.19. The lowest BCUT2D eigenvalue weighted by Crippen LogP contribution is -2.09. The first-order valence-electron chi connectivity index (χ1n) is 5.16. The van der Waals surface area contributed by atoms with E-state index in [9.17, 15) is 19.6 Å². The van der Waals surface area contributed by atoms with Crippen LogP contribution in [0.4, 0.5) is 10.1 Å². The molecule has 1 aliphatic rings. The summed E-state index contributed by atoms with van der Waals surface area (Å²) in [5, 5.41) is 20.3. The number of benzene rings is 1. The second-order valence-electron chi connectivity index (χ2n) is 4.22. The monoisotopic (exact) mass is 225 g/mol. The highest BCUT2D eigenvalue weighted by molar-refractivity contribution is 5.41. The van der Waals surface area contributed by atoms with Crippen LogP contribution in [-0.2, 0) is 6.42 Å². The van der Waals surface area contributed by atoms with Gasteiger partial charge in [-0.15, -0.1) is 0 Å². The number of nitro benzene ring substituents is 1. The summed E-state index contributed by atoms with van der Waals surface area (Å²) in [6.45, 7) is 0. The molecule has 0 aromatic heterocycles. The Hall–Kier alpha value is -1.49. The van der Waals surface area contributed by atoms with Gasteiger partial charge in [0.2, 0.25) is 0 Å². The third-order valence-electron chi connectivity index (χ3n) is 2.96. The SMILES string of the molecule is O=[N+]([O-])c1cccc(F)c1CCC1(O)CC1. The van der Waals surface area contributed by atoms with E-state index < -0.39 is 16.3 Å². The van der Waals surface area contributed by atoms with Crippen LogP contribution in [-0.4, -0.2) is 15.6 Å². The van der Waals surface area contributed by atoms with E-state index in [0.29, 0.717) is 19.3 Å². The molecule has 0 radical (unpaired) electrons. The van der Waals surface area contributed by atoms with E-state index in [1.807, 2.05) is 0 Å². The van der Waals surface area contributed by atoms with Crippen molar-refractivity contribution in [1.82, 2.24) is 0 Å². The number of hydrogen-bond acceptors (Lipinski definition) is 3. The lowest BCUT2D eigenvalue weighted by atomic mass is 10.0. The first kappa shape index (κ1) is 11.0. The maximum Gasteiger partial charge on any atom is 0.275 e. The molecule has 1 N–H and O–H groups in total. The Kier molecular flexibility index (Phi) is 2.63. The van der Waals surface area contributed by atoms with Crippen LogP contribution in [0.25, 0.3) is 0 Å². The van der Waals surface area contributed by atoms with Gasteiger partial charge < -0.3 is 5.11 Å². The van der Waals surface area contributed by atoms with E-state index in [1.54, 1.807) is 0 Å². The molecular weight excluding hydrogens is 213 g/mol. The van der Waals surface area contributed by atoms with Gasteiger partial charge in [-0.2, -0.15) is 0 Å². The predicted octanol–water partition coefficient (Wildman–Crippen LogP) is 2.19. The molecule has 1 aromatic carbocycles. The van der Waals surface area contributed by atoms with Gasteiger partial charge in [0, 0.05) is 6.07 Å². The first-order chi connectivity index (χ1) is 7.52. The molecule has 16 heavy (non-hydrogen) atoms. The average molecular weight is 225 g/mol. The minimum Gasteiger partial charge on any atom is -0.390 e. The van der Waals surface area contributed by atoms with Crippen LogP contribution in [0.5, 0.6) is 0 Å². The Morgan fingerprint density at radius 1 is 1.50 bits per heavy atom. The van der Waals surface area contributed by atoms with Gasteiger partial charge in [-0.3, -0.25) is 10.1 Å². The molecule has 86 valence electrons. The molecule has 1 fully saturated rings. The molecule has 0 unspecified atom stereocenters. The molecule has 0 heterocycles. The summed E-state index contributed by atoms with van der Waals surface area (Å²) in [4.78, 5) is 10.1. The van der Waals surface area contributed by atoms with Gasteiger partial charge in [-0.1, -0.05) is 6.07 Å². The summed E-state index contributed by atoms with van der Waals surface area (Å²) in [6.07, 6.45) is 2.00. The van der Waals surface area contributed by atoms with E-state index in [1.165, 1.54) is 18.2 Å². The summed E-state index contributed by atoms with van der Waals surface area (Å²) in [5.41, 5.74) is -0.826. The molecule has 0 saturated heterocycles. The number of aliphatic hydroxyl groups is 1. The highest BCUT2D eigenvalue weighted by Gasteiger charge is 2.40. The zero-order valence-electron chi connectivity index (χ0n) is 8.65. The maximum atomic E-state index is 13.4. The summed E-state index contributed by atoms with van der Waals surface area (Å²) in [7, 11) is 0. The summed E-state index contributed by atoms with van der Waals surface area (Å²) >= 11 is 0. The van der Waals surface area contributed by atoms with E-state index in [0.717, 1.165) is 0 Å². The van der Waals surface area contributed by atoms with Crippen molar-refractivity contribution in [3.63, 3.8) is 0 Å². The molecule has 0 atom stereocenters. The van der Waals surface area contributed by atoms with Crippen LogP contribution in [0.15, 0.2) is 18.2 Å². The van der Waals surface area contributed by atoms with E-state index in [4.69, 9.17) is 0 Å². The van der Waals surface area contributed by atoms with Crippen molar-refractivity contribution in [2.45, 2.75) is 31.3 Å². The molecule has 1 aliphatic carbocycles. The van der Waals surface area contributed by atoms with E-state index in [-0.39, 0.29) is 17.7 Å². The summed E-state index contributed by atoms with van der Waals surface area (Å²) in [6, 6.07) is 3.82. The van der Waals surface area contributed by atoms with Crippen LogP contribution in [0, 0.1) is 15.9 Å². The van der Waals surface area contributed by atoms with Crippen LogP contribution in [0.1, 0.15) is 24.8 Å². The normalized spacial score (nSPS) is 17.1. The van der Waals surface area contributed by atoms with Crippen molar-refractivity contribution in [1.29, 1.82) is 0 Å². The molecule has 0 bridgehead atoms. The van der Waals surface area contributed by atoms with Gasteiger partial charge in [-0.05, 0) is 31.7 Å². The fourth-order valence-electron chi connectivity index (χ4n) is 1.72. The van der Waals surface area contributed by atoms with Gasteiger partial charge in [0.05, 0.1) is 16.1 Å². The molecular formula is C11H12FNO3. The smallest absolute Gasteiger partial charge is 0.275 e. The summed E-state index contributed by atoms with van der Waals surface area (Å²) in [5.74, 6) is -0.571. The average Bonchev–Trinajstić information content (AvgIpc) is 2.95. The minimum absolute atomic E-state index is 0.0906. The molecule has 4 nitrogen and oxygen atoms in total. The van der Waals surface area contributed by atoms with E-state index >= 15 is 0 Å². The number of nitrogens with zero attached hydrogens (tertiary/aromatic N) is 1. The molecule has 0 aliphatic heterocycles. The van der Waals surface area contributed by atoms with Crippen LogP contribution >= 0.6 is 0 Å². The van der Waals surface area contributed by atoms with Crippen molar-refractivity contribution < 1.29 is 14.4 Å². The Morgan fingerprint density at radius 2 is 2.19 bits per heavy atom. The second kappa shape index (κ2) is 3.83. The summed E-state index contributed by atoms with van der Waals surface area (Å²) < 4.78 is 13.4. The van der Waals surface area contributed by atoms with Crippen molar-refractivity contribution >= 4 is 5.69 Å². The molecule has 1 saturated carbocycles. The zero-order chi connectivity index (χ0) is 11.8. The largest absolute Gasteiger partial charge is 0.390 e. The number of halogens is 1. The van der Waals surface area contributed by atoms with Gasteiger partial charge >= 0.3 is 0 Å². The molecule has 0 spiro atoms. The quantitative estimate of drug-likeness (QED) is 0.631. The zero-order valence-corrected chi connectivity index (χ0v) is 8.65. The van der Waals surface area contributed by atoms with Crippen LogP contribution in [0.3, 0.4) is 0 Å². The van der Waals surface area contributed by atoms with Crippen molar-refractivity contribution in [3.8, 4) is 0 Å². The first-order valence-corrected chi connectivity index (χ1v) is 5.16. The van der Waals surface area contributed by atoms with Gasteiger partial charge in [0.25, 0.3) is 5.69 Å². The molecule has 2 rings (SSSR count).